The molecule has 0 saturated heterocycles. The van der Waals surface area contributed by atoms with Crippen molar-refractivity contribution in [2.75, 3.05) is 6.54 Å². The summed E-state index contributed by atoms with van der Waals surface area (Å²) in [6, 6.07) is 8.14. The molecule has 0 saturated carbocycles. The van der Waals surface area contributed by atoms with Crippen LogP contribution >= 0.6 is 0 Å². The second-order valence-corrected chi connectivity index (χ2v) is 3.92. The zero-order valence-corrected chi connectivity index (χ0v) is 9.76. The zero-order valence-electron chi connectivity index (χ0n) is 9.76. The summed E-state index contributed by atoms with van der Waals surface area (Å²) < 4.78 is 13.3. The Morgan fingerprint density at radius 1 is 1.25 bits per heavy atom. The molecule has 1 aromatic heterocycles. The highest BCUT2D eigenvalue weighted by Gasteiger charge is 2.11. The highest BCUT2D eigenvalue weighted by Crippen LogP contribution is 2.23. The molecule has 16 heavy (non-hydrogen) atoms. The van der Waals surface area contributed by atoms with Crippen LogP contribution in [0.2, 0.25) is 0 Å². The maximum atomic E-state index is 13.3. The molecule has 0 spiro atoms. The first-order valence-electron chi connectivity index (χ1n) is 5.75. The summed E-state index contributed by atoms with van der Waals surface area (Å²) >= 11 is 0. The molecule has 2 nitrogen and oxygen atoms in total. The Morgan fingerprint density at radius 2 is 2.00 bits per heavy atom. The summed E-state index contributed by atoms with van der Waals surface area (Å²) in [4.78, 5) is 3.30. The maximum absolute atomic E-state index is 13.3. The second kappa shape index (κ2) is 4.66. The van der Waals surface area contributed by atoms with Gasteiger partial charge in [0.1, 0.15) is 0 Å². The topological polar surface area (TPSA) is 19.0 Å². The molecule has 0 atom stereocenters. The molecule has 0 aliphatic rings. The standard InChI is InChI=1S/C13H17FN2/c1-3-10-11-7-5-6-8-12(11)15-13(10)9-16(14)4-2/h5-8,15H,3-4,9H2,1-2H3. The van der Waals surface area contributed by atoms with E-state index in [0.29, 0.717) is 13.1 Å². The van der Waals surface area contributed by atoms with Crippen LogP contribution in [0.5, 0.6) is 0 Å². The van der Waals surface area contributed by atoms with Crippen molar-refractivity contribution in [2.45, 2.75) is 26.8 Å². The third-order valence-electron chi connectivity index (χ3n) is 2.93. The van der Waals surface area contributed by atoms with E-state index in [0.717, 1.165) is 22.8 Å². The number of nitrogens with one attached hydrogen (secondary N) is 1. The van der Waals surface area contributed by atoms with Crippen LogP contribution in [-0.4, -0.2) is 16.7 Å². The molecule has 0 amide bonds. The predicted octanol–water partition coefficient (Wildman–Crippen LogP) is 3.44. The van der Waals surface area contributed by atoms with Gasteiger partial charge in [-0.1, -0.05) is 25.1 Å². The number of benzene rings is 1. The SMILES string of the molecule is CCc1c(CN(F)CC)[nH]c2ccccc12. The molecule has 1 N–H and O–H groups in total. The van der Waals surface area contributed by atoms with Crippen LogP contribution in [0.4, 0.5) is 4.48 Å². The Kier molecular flexibility index (Phi) is 3.25. The van der Waals surface area contributed by atoms with Crippen molar-refractivity contribution in [3.05, 3.63) is 35.5 Å². The molecule has 3 heteroatoms. The number of aromatic nitrogens is 1. The zero-order chi connectivity index (χ0) is 11.5. The third-order valence-corrected chi connectivity index (χ3v) is 2.93. The van der Waals surface area contributed by atoms with Gasteiger partial charge in [0.05, 0.1) is 6.54 Å². The maximum Gasteiger partial charge on any atom is 0.0694 e. The van der Waals surface area contributed by atoms with Crippen LogP contribution in [0.1, 0.15) is 25.1 Å². The first-order valence-corrected chi connectivity index (χ1v) is 5.75. The smallest absolute Gasteiger partial charge is 0.0694 e. The third kappa shape index (κ3) is 1.95. The molecular formula is C13H17FN2. The van der Waals surface area contributed by atoms with Gasteiger partial charge in [0.25, 0.3) is 0 Å². The van der Waals surface area contributed by atoms with E-state index in [1.807, 2.05) is 25.1 Å². The van der Waals surface area contributed by atoms with Gasteiger partial charge in [0.15, 0.2) is 0 Å². The van der Waals surface area contributed by atoms with Crippen molar-refractivity contribution in [3.63, 3.8) is 0 Å². The molecule has 1 heterocycles. The molecule has 0 aliphatic carbocycles. The number of hydrogen-bond acceptors (Lipinski definition) is 1. The molecule has 86 valence electrons. The minimum Gasteiger partial charge on any atom is -0.357 e. The monoisotopic (exact) mass is 220 g/mol. The van der Waals surface area contributed by atoms with Crippen LogP contribution in [0.25, 0.3) is 10.9 Å². The number of fused-ring (bicyclic) bond motifs is 1. The van der Waals surface area contributed by atoms with Crippen LogP contribution in [0.3, 0.4) is 0 Å². The van der Waals surface area contributed by atoms with Gasteiger partial charge in [-0.2, -0.15) is 0 Å². The lowest BCUT2D eigenvalue weighted by Crippen LogP contribution is -2.13. The van der Waals surface area contributed by atoms with Gasteiger partial charge in [-0.3, -0.25) is 0 Å². The summed E-state index contributed by atoms with van der Waals surface area (Å²) in [6.45, 7) is 4.68. The molecule has 0 fully saturated rings. The van der Waals surface area contributed by atoms with E-state index in [9.17, 15) is 4.48 Å². The van der Waals surface area contributed by atoms with Crippen molar-refractivity contribution in [3.8, 4) is 0 Å². The molecule has 0 aliphatic heterocycles. The molecule has 0 bridgehead atoms. The number of hydrogen-bond donors (Lipinski definition) is 1. The number of aryl methyl sites for hydroxylation is 1. The van der Waals surface area contributed by atoms with Gasteiger partial charge in [0.2, 0.25) is 0 Å². The van der Waals surface area contributed by atoms with Gasteiger partial charge in [-0.15, -0.1) is 9.60 Å². The van der Waals surface area contributed by atoms with E-state index < -0.39 is 0 Å². The van der Waals surface area contributed by atoms with Gasteiger partial charge in [0, 0.05) is 23.1 Å². The Hall–Kier alpha value is -1.35. The van der Waals surface area contributed by atoms with E-state index in [1.165, 1.54) is 10.9 Å². The highest BCUT2D eigenvalue weighted by atomic mass is 19.2. The normalized spacial score (nSPS) is 11.5. The molecule has 1 aromatic carbocycles. The van der Waals surface area contributed by atoms with Gasteiger partial charge in [-0.25, -0.2) is 0 Å². The fourth-order valence-corrected chi connectivity index (χ4v) is 2.08. The fourth-order valence-electron chi connectivity index (χ4n) is 2.08. The molecule has 2 aromatic rings. The van der Waals surface area contributed by atoms with Crippen molar-refractivity contribution in [1.82, 2.24) is 10.1 Å². The van der Waals surface area contributed by atoms with Crippen LogP contribution in [-0.2, 0) is 13.0 Å². The quantitative estimate of drug-likeness (QED) is 0.782. The Balaban J connectivity index is 2.44. The minimum atomic E-state index is 0.342. The van der Waals surface area contributed by atoms with E-state index in [4.69, 9.17) is 0 Å². The average molecular weight is 220 g/mol. The first-order chi connectivity index (χ1) is 7.76. The van der Waals surface area contributed by atoms with Gasteiger partial charge >= 0.3 is 0 Å². The Bertz CT molecular complexity index is 476. The lowest BCUT2D eigenvalue weighted by molar-refractivity contribution is 0.0211. The van der Waals surface area contributed by atoms with E-state index >= 15 is 0 Å². The average Bonchev–Trinajstić information content (AvgIpc) is 2.65. The number of para-hydroxylation sites is 1. The lowest BCUT2D eigenvalue weighted by Gasteiger charge is -2.08. The van der Waals surface area contributed by atoms with Crippen LogP contribution in [0.15, 0.2) is 24.3 Å². The number of nitrogens with zero attached hydrogens (tertiary/aromatic N) is 1. The van der Waals surface area contributed by atoms with E-state index in [-0.39, 0.29) is 0 Å². The van der Waals surface area contributed by atoms with Gasteiger partial charge in [-0.05, 0) is 25.0 Å². The van der Waals surface area contributed by atoms with Crippen molar-refractivity contribution >= 4 is 10.9 Å². The number of H-pyrrole nitrogens is 1. The molecule has 0 radical (unpaired) electrons. The van der Waals surface area contributed by atoms with Crippen molar-refractivity contribution in [1.29, 1.82) is 0 Å². The summed E-state index contributed by atoms with van der Waals surface area (Å²) in [5.74, 6) is 0. The van der Waals surface area contributed by atoms with Crippen LogP contribution in [0, 0.1) is 0 Å². The molecular weight excluding hydrogens is 203 g/mol. The molecule has 0 unspecified atom stereocenters. The Morgan fingerprint density at radius 3 is 2.69 bits per heavy atom. The van der Waals surface area contributed by atoms with Crippen molar-refractivity contribution < 1.29 is 4.48 Å². The fraction of sp³-hybridized carbons (Fsp3) is 0.385. The first kappa shape index (κ1) is 11.1. The molecule has 2 rings (SSSR count). The predicted molar refractivity (Wildman–Crippen MR) is 64.9 cm³/mol. The van der Waals surface area contributed by atoms with E-state index in [2.05, 4.69) is 18.0 Å². The summed E-state index contributed by atoms with van der Waals surface area (Å²) in [5, 5.41) is 2.04. The highest BCUT2D eigenvalue weighted by molar-refractivity contribution is 5.84. The van der Waals surface area contributed by atoms with Gasteiger partial charge < -0.3 is 4.98 Å². The summed E-state index contributed by atoms with van der Waals surface area (Å²) in [6.07, 6.45) is 0.927. The minimum absolute atomic E-state index is 0.342. The lowest BCUT2D eigenvalue weighted by atomic mass is 10.1. The van der Waals surface area contributed by atoms with Crippen molar-refractivity contribution in [2.24, 2.45) is 0 Å². The Labute approximate surface area is 95.0 Å². The largest absolute Gasteiger partial charge is 0.357 e. The number of aromatic amines is 1. The number of halogens is 1. The summed E-state index contributed by atoms with van der Waals surface area (Å²) in [5.41, 5.74) is 3.32. The summed E-state index contributed by atoms with van der Waals surface area (Å²) in [7, 11) is 0. The number of rotatable bonds is 4. The van der Waals surface area contributed by atoms with E-state index in [1.54, 1.807) is 0 Å². The second-order valence-electron chi connectivity index (χ2n) is 3.92. The van der Waals surface area contributed by atoms with Crippen LogP contribution < -0.4 is 0 Å².